The van der Waals surface area contributed by atoms with Crippen molar-refractivity contribution in [3.63, 3.8) is 0 Å². The molecule has 2 rings (SSSR count). The molecule has 0 atom stereocenters. The van der Waals surface area contributed by atoms with Crippen LogP contribution in [0.25, 0.3) is 0 Å². The summed E-state index contributed by atoms with van der Waals surface area (Å²) in [5.74, 6) is 0. The van der Waals surface area contributed by atoms with E-state index in [9.17, 15) is 0 Å². The minimum absolute atomic E-state index is 0.594. The first-order valence-corrected chi connectivity index (χ1v) is 5.71. The van der Waals surface area contributed by atoms with E-state index in [2.05, 4.69) is 21.5 Å². The fourth-order valence-electron chi connectivity index (χ4n) is 1.85. The quantitative estimate of drug-likeness (QED) is 0.891. The van der Waals surface area contributed by atoms with Crippen LogP contribution in [0.1, 0.15) is 22.6 Å². The Balaban J connectivity index is 2.21. The first kappa shape index (κ1) is 12.1. The lowest BCUT2D eigenvalue weighted by Crippen LogP contribution is -2.05. The zero-order valence-corrected chi connectivity index (χ0v) is 10.7. The van der Waals surface area contributed by atoms with E-state index in [0.717, 1.165) is 22.8 Å². The molecular formula is C13H15N5. The highest BCUT2D eigenvalue weighted by molar-refractivity contribution is 5.59. The molecule has 0 aliphatic rings. The second-order valence-corrected chi connectivity index (χ2v) is 4.22. The molecule has 0 bridgehead atoms. The molecule has 5 nitrogen and oxygen atoms in total. The molecule has 2 aromatic heterocycles. The van der Waals surface area contributed by atoms with Gasteiger partial charge in [-0.05, 0) is 26.0 Å². The molecular weight excluding hydrogens is 226 g/mol. The zero-order chi connectivity index (χ0) is 13.1. The van der Waals surface area contributed by atoms with Crippen molar-refractivity contribution in [3.8, 4) is 6.07 Å². The largest absolute Gasteiger partial charge is 0.378 e. The maximum absolute atomic E-state index is 9.14. The lowest BCUT2D eigenvalue weighted by molar-refractivity contribution is 0.747. The monoisotopic (exact) mass is 241 g/mol. The van der Waals surface area contributed by atoms with Crippen molar-refractivity contribution in [1.29, 1.82) is 5.26 Å². The molecule has 0 aliphatic carbocycles. The summed E-state index contributed by atoms with van der Waals surface area (Å²) in [6.07, 6.45) is 1.89. The maximum atomic E-state index is 9.14. The molecule has 18 heavy (non-hydrogen) atoms. The summed E-state index contributed by atoms with van der Waals surface area (Å²) < 4.78 is 1.76. The van der Waals surface area contributed by atoms with Gasteiger partial charge in [0, 0.05) is 18.9 Å². The summed E-state index contributed by atoms with van der Waals surface area (Å²) in [6.45, 7) is 4.36. The van der Waals surface area contributed by atoms with Crippen molar-refractivity contribution in [2.24, 2.45) is 7.05 Å². The molecule has 0 spiro atoms. The molecule has 0 radical (unpaired) electrons. The summed E-state index contributed by atoms with van der Waals surface area (Å²) >= 11 is 0. The van der Waals surface area contributed by atoms with Crippen LogP contribution in [-0.2, 0) is 13.6 Å². The van der Waals surface area contributed by atoms with Crippen LogP contribution in [0.3, 0.4) is 0 Å². The third-order valence-electron chi connectivity index (χ3n) is 2.67. The molecule has 0 saturated carbocycles. The molecule has 0 fully saturated rings. The summed E-state index contributed by atoms with van der Waals surface area (Å²) in [4.78, 5) is 4.28. The number of aryl methyl sites for hydroxylation is 3. The Bertz CT molecular complexity index is 606. The number of nitrogens with one attached hydrogen (secondary N) is 1. The van der Waals surface area contributed by atoms with Gasteiger partial charge in [-0.1, -0.05) is 0 Å². The molecule has 1 N–H and O–H groups in total. The molecule has 5 heteroatoms. The third-order valence-corrected chi connectivity index (χ3v) is 2.67. The Morgan fingerprint density at radius 3 is 2.83 bits per heavy atom. The second-order valence-electron chi connectivity index (χ2n) is 4.22. The maximum Gasteiger partial charge on any atom is 0.103 e. The Hall–Kier alpha value is -2.35. The van der Waals surface area contributed by atoms with Crippen LogP contribution < -0.4 is 5.32 Å². The van der Waals surface area contributed by atoms with Crippen LogP contribution in [0, 0.1) is 25.2 Å². The van der Waals surface area contributed by atoms with Crippen molar-refractivity contribution >= 4 is 5.69 Å². The van der Waals surface area contributed by atoms with Crippen molar-refractivity contribution in [2.45, 2.75) is 20.4 Å². The number of aromatic nitrogens is 3. The van der Waals surface area contributed by atoms with Gasteiger partial charge in [0.2, 0.25) is 0 Å². The zero-order valence-electron chi connectivity index (χ0n) is 10.7. The van der Waals surface area contributed by atoms with Crippen molar-refractivity contribution < 1.29 is 0 Å². The SMILES string of the molecule is Cc1cc(NCc2ccn(C)n2)c(C#N)c(C)n1. The number of hydrogen-bond acceptors (Lipinski definition) is 4. The number of hydrogen-bond donors (Lipinski definition) is 1. The molecule has 2 aromatic rings. The number of pyridine rings is 1. The lowest BCUT2D eigenvalue weighted by Gasteiger charge is -2.09. The van der Waals surface area contributed by atoms with E-state index in [0.29, 0.717) is 12.1 Å². The average molecular weight is 241 g/mol. The summed E-state index contributed by atoms with van der Waals surface area (Å²) in [5.41, 5.74) is 3.99. The topological polar surface area (TPSA) is 66.5 Å². The van der Waals surface area contributed by atoms with Gasteiger partial charge in [-0.15, -0.1) is 0 Å². The summed E-state index contributed by atoms with van der Waals surface area (Å²) in [6, 6.07) is 6.01. The third kappa shape index (κ3) is 2.48. The van der Waals surface area contributed by atoms with Crippen LogP contribution in [0.15, 0.2) is 18.3 Å². The highest BCUT2D eigenvalue weighted by Crippen LogP contribution is 2.19. The van der Waals surface area contributed by atoms with E-state index in [4.69, 9.17) is 5.26 Å². The van der Waals surface area contributed by atoms with Crippen molar-refractivity contribution in [2.75, 3.05) is 5.32 Å². The van der Waals surface area contributed by atoms with Gasteiger partial charge in [-0.25, -0.2) is 0 Å². The van der Waals surface area contributed by atoms with Crippen molar-refractivity contribution in [3.05, 3.63) is 41.0 Å². The number of anilines is 1. The highest BCUT2D eigenvalue weighted by Gasteiger charge is 2.08. The molecule has 0 unspecified atom stereocenters. The predicted octanol–water partition coefficient (Wildman–Crippen LogP) is 1.92. The molecule has 92 valence electrons. The molecule has 0 aromatic carbocycles. The first-order chi connectivity index (χ1) is 8.60. The van der Waals surface area contributed by atoms with Crippen LogP contribution in [-0.4, -0.2) is 14.8 Å². The Morgan fingerprint density at radius 2 is 2.22 bits per heavy atom. The van der Waals surface area contributed by atoms with Gasteiger partial charge in [-0.3, -0.25) is 9.67 Å². The van der Waals surface area contributed by atoms with Crippen LogP contribution in [0.5, 0.6) is 0 Å². The highest BCUT2D eigenvalue weighted by atomic mass is 15.3. The van der Waals surface area contributed by atoms with E-state index in [1.807, 2.05) is 39.2 Å². The van der Waals surface area contributed by atoms with Gasteiger partial charge in [0.1, 0.15) is 6.07 Å². The summed E-state index contributed by atoms with van der Waals surface area (Å²) in [5, 5.41) is 16.7. The van der Waals surface area contributed by atoms with Crippen LogP contribution >= 0.6 is 0 Å². The van der Waals surface area contributed by atoms with E-state index < -0.39 is 0 Å². The Labute approximate surface area is 106 Å². The Kier molecular flexibility index (Phi) is 3.28. The van der Waals surface area contributed by atoms with E-state index in [1.165, 1.54) is 0 Å². The minimum Gasteiger partial charge on any atom is -0.378 e. The Morgan fingerprint density at radius 1 is 1.44 bits per heavy atom. The van der Waals surface area contributed by atoms with Gasteiger partial charge in [0.15, 0.2) is 0 Å². The molecule has 2 heterocycles. The fourth-order valence-corrected chi connectivity index (χ4v) is 1.85. The normalized spacial score (nSPS) is 10.1. The van der Waals surface area contributed by atoms with E-state index >= 15 is 0 Å². The average Bonchev–Trinajstić information content (AvgIpc) is 2.72. The molecule has 0 amide bonds. The standard InChI is InChI=1S/C13H15N5/c1-9-6-13(12(7-14)10(2)16-9)15-8-11-4-5-18(3)17-11/h4-6H,8H2,1-3H3,(H,15,16). The molecule has 0 aliphatic heterocycles. The van der Waals surface area contributed by atoms with Gasteiger partial charge >= 0.3 is 0 Å². The van der Waals surface area contributed by atoms with Crippen molar-refractivity contribution in [1.82, 2.24) is 14.8 Å². The van der Waals surface area contributed by atoms with E-state index in [-0.39, 0.29) is 0 Å². The predicted molar refractivity (Wildman–Crippen MR) is 69.0 cm³/mol. The summed E-state index contributed by atoms with van der Waals surface area (Å²) in [7, 11) is 1.88. The fraction of sp³-hybridized carbons (Fsp3) is 0.308. The molecule has 0 saturated heterocycles. The van der Waals surface area contributed by atoms with Gasteiger partial charge in [-0.2, -0.15) is 10.4 Å². The minimum atomic E-state index is 0.594. The smallest absolute Gasteiger partial charge is 0.103 e. The first-order valence-electron chi connectivity index (χ1n) is 5.71. The van der Waals surface area contributed by atoms with Crippen LogP contribution in [0.2, 0.25) is 0 Å². The van der Waals surface area contributed by atoms with E-state index in [1.54, 1.807) is 4.68 Å². The van der Waals surface area contributed by atoms with Gasteiger partial charge in [0.25, 0.3) is 0 Å². The number of rotatable bonds is 3. The number of nitriles is 1. The van der Waals surface area contributed by atoms with Gasteiger partial charge < -0.3 is 5.32 Å². The second kappa shape index (κ2) is 4.88. The van der Waals surface area contributed by atoms with Gasteiger partial charge in [0.05, 0.1) is 29.2 Å². The lowest BCUT2D eigenvalue weighted by atomic mass is 10.1. The number of nitrogens with zero attached hydrogens (tertiary/aromatic N) is 4. The van der Waals surface area contributed by atoms with Crippen LogP contribution in [0.4, 0.5) is 5.69 Å².